The van der Waals surface area contributed by atoms with Gasteiger partial charge in [0.1, 0.15) is 0 Å². The molecule has 0 radical (unpaired) electrons. The largest absolute Gasteiger partial charge is 0.419 e. The Morgan fingerprint density at radius 3 is 2.56 bits per heavy atom. The molecule has 0 bridgehead atoms. The highest BCUT2D eigenvalue weighted by Gasteiger charge is 2.41. The summed E-state index contributed by atoms with van der Waals surface area (Å²) < 4.78 is 61.0. The van der Waals surface area contributed by atoms with Gasteiger partial charge in [0.05, 0.1) is 29.2 Å². The average Bonchev–Trinajstić information content (AvgIpc) is 3.33. The molecule has 0 amide bonds. The maximum atomic E-state index is 14.5. The van der Waals surface area contributed by atoms with Crippen LogP contribution in [-0.2, 0) is 17.5 Å². The van der Waals surface area contributed by atoms with Crippen molar-refractivity contribution in [1.29, 1.82) is 0 Å². The molecule has 0 spiro atoms. The topological polar surface area (TPSA) is 49.4 Å². The third-order valence-electron chi connectivity index (χ3n) is 4.70. The number of aromatic nitrogens is 1. The maximum Gasteiger partial charge on any atom is 0.419 e. The Labute approximate surface area is 153 Å². The first-order chi connectivity index (χ1) is 12.9. The Morgan fingerprint density at radius 2 is 1.93 bits per heavy atom. The molecule has 1 aliphatic heterocycles. The molecule has 0 unspecified atom stereocenters. The number of rotatable bonds is 5. The minimum absolute atomic E-state index is 0.0785. The van der Waals surface area contributed by atoms with Crippen molar-refractivity contribution < 1.29 is 22.3 Å². The van der Waals surface area contributed by atoms with Crippen molar-refractivity contribution in [3.63, 3.8) is 0 Å². The van der Waals surface area contributed by atoms with Gasteiger partial charge in [0.2, 0.25) is 5.95 Å². The van der Waals surface area contributed by atoms with Crippen LogP contribution in [0.4, 0.5) is 28.9 Å². The van der Waals surface area contributed by atoms with Crippen LogP contribution in [0.15, 0.2) is 24.3 Å². The fourth-order valence-corrected chi connectivity index (χ4v) is 3.25. The van der Waals surface area contributed by atoms with Crippen LogP contribution < -0.4 is 16.0 Å². The molecule has 1 fully saturated rings. The quantitative estimate of drug-likeness (QED) is 0.602. The van der Waals surface area contributed by atoms with Crippen LogP contribution in [-0.4, -0.2) is 18.6 Å². The van der Waals surface area contributed by atoms with Crippen molar-refractivity contribution in [2.24, 2.45) is 5.92 Å². The number of hydrogen-bond acceptors (Lipinski definition) is 5. The Balaban J connectivity index is 1.80. The SMILES string of the molecule is COCc1ccc(-c2ccc3c(c2C(F)(F)F)NNN3CC2CC2)c(F)n1. The number of nitrogens with one attached hydrogen (secondary N) is 2. The summed E-state index contributed by atoms with van der Waals surface area (Å²) in [5, 5.41) is 1.67. The lowest BCUT2D eigenvalue weighted by Gasteiger charge is -2.19. The van der Waals surface area contributed by atoms with E-state index in [1.165, 1.54) is 25.3 Å². The van der Waals surface area contributed by atoms with E-state index < -0.39 is 17.7 Å². The van der Waals surface area contributed by atoms with Crippen molar-refractivity contribution >= 4 is 11.4 Å². The highest BCUT2D eigenvalue weighted by Crippen LogP contribution is 2.48. The molecule has 2 aromatic rings. The van der Waals surface area contributed by atoms with Crippen molar-refractivity contribution in [3.05, 3.63) is 41.5 Å². The van der Waals surface area contributed by atoms with Gasteiger partial charge in [-0.3, -0.25) is 5.01 Å². The molecule has 2 N–H and O–H groups in total. The van der Waals surface area contributed by atoms with E-state index in [0.717, 1.165) is 12.8 Å². The van der Waals surface area contributed by atoms with E-state index in [1.807, 2.05) is 0 Å². The van der Waals surface area contributed by atoms with Crippen molar-refractivity contribution in [2.75, 3.05) is 24.1 Å². The highest BCUT2D eigenvalue weighted by molar-refractivity contribution is 5.85. The number of pyridine rings is 1. The number of benzene rings is 1. The summed E-state index contributed by atoms with van der Waals surface area (Å²) in [5.41, 5.74) is 4.65. The second-order valence-electron chi connectivity index (χ2n) is 6.74. The summed E-state index contributed by atoms with van der Waals surface area (Å²) in [6.07, 6.45) is -2.52. The van der Waals surface area contributed by atoms with E-state index in [-0.39, 0.29) is 23.4 Å². The lowest BCUT2D eigenvalue weighted by atomic mass is 9.97. The average molecular weight is 382 g/mol. The van der Waals surface area contributed by atoms with Gasteiger partial charge in [0, 0.05) is 24.8 Å². The van der Waals surface area contributed by atoms with Gasteiger partial charge in [0.25, 0.3) is 0 Å². The summed E-state index contributed by atoms with van der Waals surface area (Å²) in [5.74, 6) is -0.481. The minimum Gasteiger partial charge on any atom is -0.378 e. The third-order valence-corrected chi connectivity index (χ3v) is 4.70. The normalized spacial score (nSPS) is 16.4. The maximum absolute atomic E-state index is 14.5. The number of methoxy groups -OCH3 is 1. The molecule has 1 saturated carbocycles. The third kappa shape index (κ3) is 3.44. The molecule has 5 nitrogen and oxygen atoms in total. The van der Waals surface area contributed by atoms with Crippen LogP contribution in [0.5, 0.6) is 0 Å². The first kappa shape index (κ1) is 18.0. The van der Waals surface area contributed by atoms with E-state index in [0.29, 0.717) is 23.8 Å². The van der Waals surface area contributed by atoms with Gasteiger partial charge in [0.15, 0.2) is 0 Å². The second-order valence-corrected chi connectivity index (χ2v) is 6.74. The summed E-state index contributed by atoms with van der Waals surface area (Å²) in [4.78, 5) is 3.71. The molecule has 1 aromatic heterocycles. The number of hydrazine groups is 2. The number of hydrogen-bond donors (Lipinski definition) is 2. The fourth-order valence-electron chi connectivity index (χ4n) is 3.25. The molecular weight excluding hydrogens is 364 g/mol. The van der Waals surface area contributed by atoms with E-state index in [2.05, 4.69) is 15.9 Å². The Bertz CT molecular complexity index is 867. The van der Waals surface area contributed by atoms with Crippen LogP contribution in [0.2, 0.25) is 0 Å². The first-order valence-corrected chi connectivity index (χ1v) is 8.56. The predicted molar refractivity (Wildman–Crippen MR) is 92.2 cm³/mol. The van der Waals surface area contributed by atoms with Gasteiger partial charge < -0.3 is 10.2 Å². The number of ether oxygens (including phenoxy) is 1. The zero-order chi connectivity index (χ0) is 19.2. The Kier molecular flexibility index (Phi) is 4.43. The van der Waals surface area contributed by atoms with Crippen LogP contribution in [0.25, 0.3) is 11.1 Å². The smallest absolute Gasteiger partial charge is 0.378 e. The summed E-state index contributed by atoms with van der Waals surface area (Å²) in [6, 6.07) is 5.63. The lowest BCUT2D eigenvalue weighted by molar-refractivity contribution is -0.136. The summed E-state index contributed by atoms with van der Waals surface area (Å²) in [6.45, 7) is 0.702. The highest BCUT2D eigenvalue weighted by atomic mass is 19.4. The molecule has 0 saturated heterocycles. The van der Waals surface area contributed by atoms with Gasteiger partial charge in [-0.15, -0.1) is 5.53 Å². The molecule has 2 aliphatic rings. The predicted octanol–water partition coefficient (Wildman–Crippen LogP) is 4.11. The Hall–Kier alpha value is -2.39. The summed E-state index contributed by atoms with van der Waals surface area (Å²) in [7, 11) is 1.43. The molecular formula is C18H18F4N4O. The molecule has 9 heteroatoms. The zero-order valence-electron chi connectivity index (χ0n) is 14.5. The van der Waals surface area contributed by atoms with E-state index in [4.69, 9.17) is 4.74 Å². The molecule has 1 aliphatic carbocycles. The molecule has 1 aromatic carbocycles. The van der Waals surface area contributed by atoms with Crippen molar-refractivity contribution in [3.8, 4) is 11.1 Å². The molecule has 0 atom stereocenters. The summed E-state index contributed by atoms with van der Waals surface area (Å²) >= 11 is 0. The van der Waals surface area contributed by atoms with Gasteiger partial charge >= 0.3 is 6.18 Å². The molecule has 2 heterocycles. The van der Waals surface area contributed by atoms with Crippen LogP contribution in [0, 0.1) is 11.9 Å². The van der Waals surface area contributed by atoms with E-state index in [9.17, 15) is 17.6 Å². The van der Waals surface area contributed by atoms with Gasteiger partial charge in [-0.25, -0.2) is 4.98 Å². The minimum atomic E-state index is -4.66. The van der Waals surface area contributed by atoms with Gasteiger partial charge in [-0.2, -0.15) is 17.6 Å². The van der Waals surface area contributed by atoms with E-state index in [1.54, 1.807) is 11.1 Å². The first-order valence-electron chi connectivity index (χ1n) is 8.56. The van der Waals surface area contributed by atoms with Gasteiger partial charge in [-0.1, -0.05) is 6.07 Å². The monoisotopic (exact) mass is 382 g/mol. The fraction of sp³-hybridized carbons (Fsp3) is 0.389. The molecule has 27 heavy (non-hydrogen) atoms. The standard InChI is InChI=1S/C18H18F4N4O/c1-27-9-11-4-5-13(17(19)23-11)12-6-7-14-16(15(12)18(20,21)22)24-25-26(14)8-10-2-3-10/h4-7,10,24-25H,2-3,8-9H2,1H3. The van der Waals surface area contributed by atoms with Crippen LogP contribution >= 0.6 is 0 Å². The van der Waals surface area contributed by atoms with Gasteiger partial charge in [-0.05, 0) is 37.0 Å². The van der Waals surface area contributed by atoms with Crippen molar-refractivity contribution in [1.82, 2.24) is 10.5 Å². The molecule has 4 rings (SSSR count). The Morgan fingerprint density at radius 1 is 1.19 bits per heavy atom. The second kappa shape index (κ2) is 6.65. The number of anilines is 2. The number of alkyl halides is 3. The van der Waals surface area contributed by atoms with Crippen LogP contribution in [0.1, 0.15) is 24.1 Å². The van der Waals surface area contributed by atoms with Crippen LogP contribution in [0.3, 0.4) is 0 Å². The molecule has 144 valence electrons. The lowest BCUT2D eigenvalue weighted by Crippen LogP contribution is -2.37. The zero-order valence-corrected chi connectivity index (χ0v) is 14.5. The number of halogens is 4. The van der Waals surface area contributed by atoms with E-state index >= 15 is 0 Å². The number of fused-ring (bicyclic) bond motifs is 1. The van der Waals surface area contributed by atoms with Crippen molar-refractivity contribution in [2.45, 2.75) is 25.6 Å². The number of nitrogens with zero attached hydrogens (tertiary/aromatic N) is 2.